The van der Waals surface area contributed by atoms with E-state index in [1.165, 1.54) is 12.1 Å². The minimum atomic E-state index is -2.76. The van der Waals surface area contributed by atoms with E-state index in [9.17, 15) is 18.9 Å². The van der Waals surface area contributed by atoms with E-state index in [4.69, 9.17) is 5.73 Å². The zero-order valence-electron chi connectivity index (χ0n) is 9.24. The van der Waals surface area contributed by atoms with Crippen molar-refractivity contribution in [2.24, 2.45) is 5.73 Å². The van der Waals surface area contributed by atoms with E-state index in [1.54, 1.807) is 13.0 Å². The topological polar surface area (TPSA) is 69.2 Å². The molecular formula is C11H12F2N2O2. The molecule has 1 aliphatic rings. The fourth-order valence-corrected chi connectivity index (χ4v) is 2.32. The van der Waals surface area contributed by atoms with Crippen LogP contribution in [0.3, 0.4) is 0 Å². The summed E-state index contributed by atoms with van der Waals surface area (Å²) in [5, 5.41) is 10.6. The predicted octanol–water partition coefficient (Wildman–Crippen LogP) is 2.49. The lowest BCUT2D eigenvalue weighted by Crippen LogP contribution is -2.55. The first-order valence-electron chi connectivity index (χ1n) is 5.16. The van der Waals surface area contributed by atoms with Crippen LogP contribution >= 0.6 is 0 Å². The van der Waals surface area contributed by atoms with Crippen molar-refractivity contribution in [2.45, 2.75) is 31.2 Å². The second-order valence-electron chi connectivity index (χ2n) is 4.62. The van der Waals surface area contributed by atoms with E-state index in [0.717, 1.165) is 0 Å². The first kappa shape index (κ1) is 11.9. The average molecular weight is 242 g/mol. The minimum Gasteiger partial charge on any atom is -0.321 e. The summed E-state index contributed by atoms with van der Waals surface area (Å²) in [4.78, 5) is 10.1. The lowest BCUT2D eigenvalue weighted by atomic mass is 9.68. The fraction of sp³-hybridized carbons (Fsp3) is 0.455. The number of nitrogens with two attached hydrogens (primary N) is 1. The number of aryl methyl sites for hydroxylation is 1. The van der Waals surface area contributed by atoms with E-state index in [1.807, 2.05) is 0 Å². The normalized spacial score (nSPS) is 20.7. The maximum atomic E-state index is 12.9. The summed E-state index contributed by atoms with van der Waals surface area (Å²) in [6, 6.07) is 4.18. The first-order valence-corrected chi connectivity index (χ1v) is 5.16. The van der Waals surface area contributed by atoms with E-state index >= 15 is 0 Å². The van der Waals surface area contributed by atoms with Crippen molar-refractivity contribution >= 4 is 5.69 Å². The molecule has 0 spiro atoms. The number of alkyl halides is 2. The quantitative estimate of drug-likeness (QED) is 0.639. The van der Waals surface area contributed by atoms with E-state index in [2.05, 4.69) is 0 Å². The van der Waals surface area contributed by atoms with Gasteiger partial charge in [0.15, 0.2) is 0 Å². The molecule has 0 unspecified atom stereocenters. The third kappa shape index (κ3) is 2.00. The predicted molar refractivity (Wildman–Crippen MR) is 57.9 cm³/mol. The van der Waals surface area contributed by atoms with E-state index in [0.29, 0.717) is 11.1 Å². The van der Waals surface area contributed by atoms with Crippen molar-refractivity contribution in [3.05, 3.63) is 39.4 Å². The molecule has 0 amide bonds. The Kier molecular flexibility index (Phi) is 2.43. The lowest BCUT2D eigenvalue weighted by molar-refractivity contribution is -0.385. The van der Waals surface area contributed by atoms with Crippen LogP contribution in [0.2, 0.25) is 0 Å². The number of halogens is 2. The summed E-state index contributed by atoms with van der Waals surface area (Å²) in [6.07, 6.45) is -0.913. The molecule has 1 aliphatic carbocycles. The molecule has 0 atom stereocenters. The van der Waals surface area contributed by atoms with Crippen LogP contribution in [0.15, 0.2) is 18.2 Å². The number of nitrogens with zero attached hydrogens (tertiary/aromatic N) is 1. The first-order chi connectivity index (χ1) is 7.73. The minimum absolute atomic E-state index is 0.120. The number of nitro benzene ring substituents is 1. The summed E-state index contributed by atoms with van der Waals surface area (Å²) < 4.78 is 25.8. The largest absolute Gasteiger partial charge is 0.321 e. The van der Waals surface area contributed by atoms with Crippen LogP contribution in [0.1, 0.15) is 24.0 Å². The van der Waals surface area contributed by atoms with Crippen LogP contribution in [0, 0.1) is 17.0 Å². The molecule has 1 saturated carbocycles. The number of rotatable bonds is 2. The number of benzene rings is 1. The Morgan fingerprint density at radius 2 is 2.00 bits per heavy atom. The van der Waals surface area contributed by atoms with Crippen LogP contribution in [0.5, 0.6) is 0 Å². The maximum Gasteiger partial charge on any atom is 0.269 e. The molecule has 0 aromatic heterocycles. The Morgan fingerprint density at radius 3 is 2.47 bits per heavy atom. The van der Waals surface area contributed by atoms with Crippen molar-refractivity contribution in [1.29, 1.82) is 0 Å². The van der Waals surface area contributed by atoms with E-state index in [-0.39, 0.29) is 5.69 Å². The van der Waals surface area contributed by atoms with Crippen molar-refractivity contribution in [3.8, 4) is 0 Å². The molecule has 1 aromatic carbocycles. The molecule has 92 valence electrons. The van der Waals surface area contributed by atoms with Gasteiger partial charge in [0.25, 0.3) is 11.6 Å². The van der Waals surface area contributed by atoms with Gasteiger partial charge in [-0.1, -0.05) is 6.07 Å². The van der Waals surface area contributed by atoms with Gasteiger partial charge in [0.1, 0.15) is 0 Å². The Hall–Kier alpha value is -1.56. The Labute approximate surface area is 96.6 Å². The standard InChI is InChI=1S/C11H12F2N2O2/c1-7-2-3-8(15(16)17)4-9(7)10(14)5-11(12,13)6-10/h2-4H,5-6,14H2,1H3. The zero-order chi connectivity index (χ0) is 12.8. The smallest absolute Gasteiger partial charge is 0.269 e. The molecule has 1 aromatic rings. The van der Waals surface area contributed by atoms with Crippen molar-refractivity contribution in [3.63, 3.8) is 0 Å². The van der Waals surface area contributed by atoms with Crippen LogP contribution in [-0.4, -0.2) is 10.8 Å². The monoisotopic (exact) mass is 242 g/mol. The molecule has 6 heteroatoms. The summed E-state index contributed by atoms with van der Waals surface area (Å²) >= 11 is 0. The molecule has 0 aliphatic heterocycles. The van der Waals surface area contributed by atoms with Gasteiger partial charge in [0.2, 0.25) is 0 Å². The Balaban J connectivity index is 2.39. The van der Waals surface area contributed by atoms with Gasteiger partial charge in [0.05, 0.1) is 10.5 Å². The molecule has 0 heterocycles. The van der Waals surface area contributed by atoms with Gasteiger partial charge in [-0.2, -0.15) is 0 Å². The molecule has 0 radical (unpaired) electrons. The molecule has 2 rings (SSSR count). The number of hydrogen-bond acceptors (Lipinski definition) is 3. The van der Waals surface area contributed by atoms with Gasteiger partial charge in [-0.25, -0.2) is 8.78 Å². The van der Waals surface area contributed by atoms with Crippen molar-refractivity contribution < 1.29 is 13.7 Å². The summed E-state index contributed by atoms with van der Waals surface area (Å²) in [7, 11) is 0. The van der Waals surface area contributed by atoms with Crippen LogP contribution in [-0.2, 0) is 5.54 Å². The van der Waals surface area contributed by atoms with Gasteiger partial charge < -0.3 is 5.73 Å². The second-order valence-corrected chi connectivity index (χ2v) is 4.62. The van der Waals surface area contributed by atoms with Crippen LogP contribution < -0.4 is 5.73 Å². The molecule has 4 nitrogen and oxygen atoms in total. The third-order valence-corrected chi connectivity index (χ3v) is 3.12. The molecule has 1 fully saturated rings. The number of hydrogen-bond donors (Lipinski definition) is 1. The Bertz CT molecular complexity index is 480. The second kappa shape index (κ2) is 3.46. The van der Waals surface area contributed by atoms with Gasteiger partial charge >= 0.3 is 0 Å². The van der Waals surface area contributed by atoms with Gasteiger partial charge in [-0.15, -0.1) is 0 Å². The van der Waals surface area contributed by atoms with Crippen molar-refractivity contribution in [2.75, 3.05) is 0 Å². The molecule has 0 saturated heterocycles. The third-order valence-electron chi connectivity index (χ3n) is 3.12. The highest BCUT2D eigenvalue weighted by molar-refractivity contribution is 5.44. The molecule has 2 N–H and O–H groups in total. The average Bonchev–Trinajstić information content (AvgIpc) is 2.14. The van der Waals surface area contributed by atoms with Crippen LogP contribution in [0.4, 0.5) is 14.5 Å². The van der Waals surface area contributed by atoms with Crippen molar-refractivity contribution in [1.82, 2.24) is 0 Å². The molecular weight excluding hydrogens is 230 g/mol. The summed E-state index contributed by atoms with van der Waals surface area (Å²) in [6.45, 7) is 1.71. The maximum absolute atomic E-state index is 12.9. The highest BCUT2D eigenvalue weighted by Gasteiger charge is 2.55. The molecule has 0 bridgehead atoms. The lowest BCUT2D eigenvalue weighted by Gasteiger charge is -2.45. The van der Waals surface area contributed by atoms with E-state index < -0.39 is 29.2 Å². The fourth-order valence-electron chi connectivity index (χ4n) is 2.32. The highest BCUT2D eigenvalue weighted by Crippen LogP contribution is 2.50. The molecule has 17 heavy (non-hydrogen) atoms. The van der Waals surface area contributed by atoms with Gasteiger partial charge in [-0.05, 0) is 18.1 Å². The highest BCUT2D eigenvalue weighted by atomic mass is 19.3. The Morgan fingerprint density at radius 1 is 1.41 bits per heavy atom. The summed E-state index contributed by atoms with van der Waals surface area (Å²) in [5.74, 6) is -2.76. The van der Waals surface area contributed by atoms with Gasteiger partial charge in [-0.3, -0.25) is 10.1 Å². The van der Waals surface area contributed by atoms with Crippen LogP contribution in [0.25, 0.3) is 0 Å². The SMILES string of the molecule is Cc1ccc([N+](=O)[O-])cc1C1(N)CC(F)(F)C1. The van der Waals surface area contributed by atoms with Gasteiger partial charge in [0, 0.05) is 25.0 Å². The number of nitro groups is 1. The summed E-state index contributed by atoms with van der Waals surface area (Å²) in [5.41, 5.74) is 5.75. The number of non-ortho nitro benzene ring substituents is 1. The zero-order valence-corrected chi connectivity index (χ0v) is 9.24.